The summed E-state index contributed by atoms with van der Waals surface area (Å²) >= 11 is 1.96. The predicted molar refractivity (Wildman–Crippen MR) is 59.3 cm³/mol. The zero-order valence-corrected chi connectivity index (χ0v) is 9.53. The molecule has 0 radical (unpaired) electrons. The molecule has 1 aromatic rings. The van der Waals surface area contributed by atoms with Crippen molar-refractivity contribution in [1.82, 2.24) is 0 Å². The minimum absolute atomic E-state index is 0.207. The topological polar surface area (TPSA) is 57.9 Å². The van der Waals surface area contributed by atoms with Crippen LogP contribution in [0.1, 0.15) is 33.2 Å². The number of hydrogen-bond donors (Lipinski definition) is 0. The molecule has 0 aliphatic heterocycles. The molecule has 4 heteroatoms. The lowest BCUT2D eigenvalue weighted by Gasteiger charge is -2.02. The van der Waals surface area contributed by atoms with E-state index in [0.29, 0.717) is 26.5 Å². The third kappa shape index (κ3) is 1.99. The van der Waals surface area contributed by atoms with Gasteiger partial charge in [-0.1, -0.05) is 0 Å². The van der Waals surface area contributed by atoms with Crippen molar-refractivity contribution in [3.8, 4) is 6.07 Å². The van der Waals surface area contributed by atoms with Gasteiger partial charge >= 0.3 is 0 Å². The van der Waals surface area contributed by atoms with Crippen LogP contribution < -0.4 is 0 Å². The van der Waals surface area contributed by atoms with Crippen LogP contribution in [0.4, 0.5) is 0 Å². The van der Waals surface area contributed by atoms with Crippen LogP contribution in [0.15, 0.2) is 12.1 Å². The fourth-order valence-electron chi connectivity index (χ4n) is 1.06. The molecule has 0 fully saturated rings. The standard InChI is InChI=1S/C10H6INO2/c1-6(14)9-2-8(5-13)10(11)3-7(9)4-12/h2-3,5H,1H3. The molecule has 0 saturated carbocycles. The SMILES string of the molecule is CC(=O)c1cc(C=O)c(I)cc1C#N. The number of carbonyl (C=O) groups excluding carboxylic acids is 2. The van der Waals surface area contributed by atoms with E-state index in [2.05, 4.69) is 0 Å². The Morgan fingerprint density at radius 1 is 1.57 bits per heavy atom. The van der Waals surface area contributed by atoms with Gasteiger partial charge in [-0.3, -0.25) is 9.59 Å². The van der Waals surface area contributed by atoms with Crippen molar-refractivity contribution in [3.05, 3.63) is 32.4 Å². The largest absolute Gasteiger partial charge is 0.298 e. The molecule has 70 valence electrons. The summed E-state index contributed by atoms with van der Waals surface area (Å²) in [7, 11) is 0. The Hall–Kier alpha value is -1.22. The molecule has 0 N–H and O–H groups in total. The van der Waals surface area contributed by atoms with E-state index >= 15 is 0 Å². The number of carbonyl (C=O) groups is 2. The average Bonchev–Trinajstić information content (AvgIpc) is 2.16. The summed E-state index contributed by atoms with van der Waals surface area (Å²) in [4.78, 5) is 21.7. The maximum atomic E-state index is 11.1. The average molecular weight is 299 g/mol. The first-order valence-corrected chi connectivity index (χ1v) is 4.87. The first-order valence-electron chi connectivity index (χ1n) is 3.80. The molecule has 0 aliphatic rings. The van der Waals surface area contributed by atoms with Gasteiger partial charge in [-0.05, 0) is 41.6 Å². The van der Waals surface area contributed by atoms with Gasteiger partial charge < -0.3 is 0 Å². The number of nitrogens with zero attached hydrogens (tertiary/aromatic N) is 1. The Morgan fingerprint density at radius 2 is 2.21 bits per heavy atom. The van der Waals surface area contributed by atoms with Crippen molar-refractivity contribution < 1.29 is 9.59 Å². The second-order valence-corrected chi connectivity index (χ2v) is 3.87. The van der Waals surface area contributed by atoms with E-state index in [1.54, 1.807) is 6.07 Å². The first-order chi connectivity index (χ1) is 6.60. The van der Waals surface area contributed by atoms with Gasteiger partial charge in [-0.15, -0.1) is 0 Å². The van der Waals surface area contributed by atoms with Crippen LogP contribution in [0, 0.1) is 14.9 Å². The molecular weight excluding hydrogens is 293 g/mol. The van der Waals surface area contributed by atoms with Crippen LogP contribution in [0.2, 0.25) is 0 Å². The Kier molecular flexibility index (Phi) is 3.36. The van der Waals surface area contributed by atoms with Gasteiger partial charge in [0.1, 0.15) is 0 Å². The summed E-state index contributed by atoms with van der Waals surface area (Å²) in [6, 6.07) is 4.92. The Bertz CT molecular complexity index is 446. The lowest BCUT2D eigenvalue weighted by molar-refractivity contribution is 0.101. The van der Waals surface area contributed by atoms with Crippen molar-refractivity contribution in [1.29, 1.82) is 5.26 Å². The van der Waals surface area contributed by atoms with E-state index in [-0.39, 0.29) is 5.78 Å². The molecule has 0 atom stereocenters. The summed E-state index contributed by atoms with van der Waals surface area (Å²) in [5, 5.41) is 8.76. The van der Waals surface area contributed by atoms with Crippen molar-refractivity contribution in [3.63, 3.8) is 0 Å². The van der Waals surface area contributed by atoms with Gasteiger partial charge in [0, 0.05) is 14.7 Å². The van der Waals surface area contributed by atoms with Gasteiger partial charge in [0.2, 0.25) is 0 Å². The lowest BCUT2D eigenvalue weighted by atomic mass is 10.0. The Labute approximate surface area is 94.9 Å². The summed E-state index contributed by atoms with van der Waals surface area (Å²) in [5.41, 5.74) is 1.05. The van der Waals surface area contributed by atoms with Crippen LogP contribution in [-0.2, 0) is 0 Å². The molecule has 0 aliphatic carbocycles. The summed E-state index contributed by atoms with van der Waals surface area (Å²) < 4.78 is 0.680. The minimum atomic E-state index is -0.207. The highest BCUT2D eigenvalue weighted by atomic mass is 127. The molecular formula is C10H6INO2. The van der Waals surface area contributed by atoms with Crippen molar-refractivity contribution in [2.24, 2.45) is 0 Å². The van der Waals surface area contributed by atoms with E-state index in [1.165, 1.54) is 13.0 Å². The van der Waals surface area contributed by atoms with E-state index in [9.17, 15) is 9.59 Å². The summed E-state index contributed by atoms with van der Waals surface area (Å²) in [6.45, 7) is 1.37. The smallest absolute Gasteiger partial charge is 0.161 e. The minimum Gasteiger partial charge on any atom is -0.298 e. The molecule has 1 rings (SSSR count). The number of benzene rings is 1. The normalized spacial score (nSPS) is 9.21. The maximum absolute atomic E-state index is 11.1. The molecule has 0 amide bonds. The van der Waals surface area contributed by atoms with E-state index < -0.39 is 0 Å². The number of rotatable bonds is 2. The molecule has 1 aromatic carbocycles. The maximum Gasteiger partial charge on any atom is 0.161 e. The monoisotopic (exact) mass is 299 g/mol. The molecule has 0 aromatic heterocycles. The number of hydrogen-bond acceptors (Lipinski definition) is 3. The predicted octanol–water partition coefficient (Wildman–Crippen LogP) is 2.18. The van der Waals surface area contributed by atoms with Crippen molar-refractivity contribution in [2.75, 3.05) is 0 Å². The van der Waals surface area contributed by atoms with Gasteiger partial charge in [0.25, 0.3) is 0 Å². The molecule has 0 saturated heterocycles. The number of halogens is 1. The molecule has 14 heavy (non-hydrogen) atoms. The molecule has 0 unspecified atom stereocenters. The van der Waals surface area contributed by atoms with Gasteiger partial charge in [-0.25, -0.2) is 0 Å². The third-order valence-electron chi connectivity index (χ3n) is 1.76. The summed E-state index contributed by atoms with van der Waals surface area (Å²) in [5.74, 6) is -0.207. The highest BCUT2D eigenvalue weighted by Crippen LogP contribution is 2.17. The first kappa shape index (κ1) is 10.9. The van der Waals surface area contributed by atoms with Crippen LogP contribution in [0.5, 0.6) is 0 Å². The van der Waals surface area contributed by atoms with Gasteiger partial charge in [0.05, 0.1) is 11.6 Å². The van der Waals surface area contributed by atoms with Gasteiger partial charge in [-0.2, -0.15) is 5.26 Å². The van der Waals surface area contributed by atoms with Crippen LogP contribution >= 0.6 is 22.6 Å². The molecule has 0 spiro atoms. The third-order valence-corrected chi connectivity index (χ3v) is 2.70. The zero-order chi connectivity index (χ0) is 10.7. The molecule has 3 nitrogen and oxygen atoms in total. The lowest BCUT2D eigenvalue weighted by Crippen LogP contribution is -2.00. The molecule has 0 bridgehead atoms. The quantitative estimate of drug-likeness (QED) is 0.478. The van der Waals surface area contributed by atoms with E-state index in [4.69, 9.17) is 5.26 Å². The van der Waals surface area contributed by atoms with Crippen LogP contribution in [-0.4, -0.2) is 12.1 Å². The molecule has 0 heterocycles. The Balaban J connectivity index is 3.49. The van der Waals surface area contributed by atoms with E-state index in [0.717, 1.165) is 0 Å². The second-order valence-electron chi connectivity index (χ2n) is 2.71. The zero-order valence-electron chi connectivity index (χ0n) is 7.37. The number of Topliss-reactive ketones (excluding diaryl/α,β-unsaturated/α-hetero) is 1. The van der Waals surface area contributed by atoms with Gasteiger partial charge in [0.15, 0.2) is 12.1 Å². The van der Waals surface area contributed by atoms with E-state index in [1.807, 2.05) is 28.7 Å². The number of aldehydes is 1. The highest BCUT2D eigenvalue weighted by Gasteiger charge is 2.10. The second kappa shape index (κ2) is 4.33. The van der Waals surface area contributed by atoms with Crippen molar-refractivity contribution >= 4 is 34.7 Å². The number of ketones is 1. The van der Waals surface area contributed by atoms with Crippen LogP contribution in [0.3, 0.4) is 0 Å². The number of nitriles is 1. The highest BCUT2D eigenvalue weighted by molar-refractivity contribution is 14.1. The fourth-order valence-corrected chi connectivity index (χ4v) is 1.66. The van der Waals surface area contributed by atoms with Crippen molar-refractivity contribution in [2.45, 2.75) is 6.92 Å². The van der Waals surface area contributed by atoms with Crippen LogP contribution in [0.25, 0.3) is 0 Å². The summed E-state index contributed by atoms with van der Waals surface area (Å²) in [6.07, 6.45) is 0.676. The Morgan fingerprint density at radius 3 is 2.64 bits per heavy atom. The fraction of sp³-hybridized carbons (Fsp3) is 0.100.